The monoisotopic (exact) mass is 430 g/mol. The smallest absolute Gasteiger partial charge is 0.250 e. The minimum absolute atomic E-state index is 0.00880. The maximum Gasteiger partial charge on any atom is 0.250 e. The van der Waals surface area contributed by atoms with Crippen LogP contribution >= 0.6 is 0 Å². The number of ether oxygens (including phenoxy) is 1. The van der Waals surface area contributed by atoms with Gasteiger partial charge < -0.3 is 10.1 Å². The largest absolute Gasteiger partial charge is 0.368 e. The third-order valence-corrected chi connectivity index (χ3v) is 7.37. The third kappa shape index (κ3) is 5.90. The number of benzene rings is 2. The predicted octanol–water partition coefficient (Wildman–Crippen LogP) is 4.04. The van der Waals surface area contributed by atoms with Crippen molar-refractivity contribution in [3.05, 3.63) is 60.2 Å². The van der Waals surface area contributed by atoms with Crippen LogP contribution in [0, 0.1) is 5.92 Å². The van der Waals surface area contributed by atoms with Gasteiger partial charge >= 0.3 is 0 Å². The summed E-state index contributed by atoms with van der Waals surface area (Å²) in [5.41, 5.74) is 1.46. The fourth-order valence-corrected chi connectivity index (χ4v) is 4.88. The van der Waals surface area contributed by atoms with Crippen molar-refractivity contribution in [2.24, 2.45) is 5.92 Å². The normalized spacial score (nSPS) is 19.6. The summed E-state index contributed by atoms with van der Waals surface area (Å²) in [7, 11) is -2.06. The van der Waals surface area contributed by atoms with Crippen LogP contribution < -0.4 is 5.32 Å². The van der Waals surface area contributed by atoms with Crippen LogP contribution in [0.2, 0.25) is 0 Å². The Morgan fingerprint density at radius 3 is 2.40 bits per heavy atom. The van der Waals surface area contributed by atoms with E-state index in [2.05, 4.69) is 12.2 Å². The summed E-state index contributed by atoms with van der Waals surface area (Å²) in [5, 5.41) is 2.77. The van der Waals surface area contributed by atoms with E-state index in [9.17, 15) is 13.2 Å². The Balaban J connectivity index is 1.55. The molecular formula is C23H30N2O4S. The molecule has 1 N–H and O–H groups in total. The molecule has 1 amide bonds. The molecule has 1 aliphatic rings. The van der Waals surface area contributed by atoms with Gasteiger partial charge in [0.2, 0.25) is 15.9 Å². The van der Waals surface area contributed by atoms with E-state index in [-0.39, 0.29) is 23.5 Å². The van der Waals surface area contributed by atoms with Gasteiger partial charge in [0.25, 0.3) is 0 Å². The molecule has 2 aromatic rings. The van der Waals surface area contributed by atoms with Crippen molar-refractivity contribution in [2.75, 3.05) is 19.0 Å². The highest BCUT2D eigenvalue weighted by atomic mass is 32.2. The van der Waals surface area contributed by atoms with Crippen LogP contribution in [-0.4, -0.2) is 38.4 Å². The standard InChI is InChI=1S/C23H30N2O4S/c1-18-8-6-7-11-22(18)29-17-23(26)24-20-12-14-21(15-13-20)30(27,28)25(2)16-19-9-4-3-5-10-19/h3-5,9-10,12-15,18,22H,6-8,11,16-17H2,1-2H3,(H,24,26). The molecule has 7 heteroatoms. The number of carbonyl (C=O) groups is 1. The average Bonchev–Trinajstić information content (AvgIpc) is 2.74. The second-order valence-electron chi connectivity index (χ2n) is 7.93. The highest BCUT2D eigenvalue weighted by Crippen LogP contribution is 2.26. The number of amides is 1. The first kappa shape index (κ1) is 22.5. The van der Waals surface area contributed by atoms with Crippen LogP contribution in [0.1, 0.15) is 38.2 Å². The molecule has 0 radical (unpaired) electrons. The summed E-state index contributed by atoms with van der Waals surface area (Å²) in [6, 6.07) is 15.7. The molecule has 0 aliphatic heterocycles. The van der Waals surface area contributed by atoms with Crippen LogP contribution in [0.3, 0.4) is 0 Å². The Kier molecular flexibility index (Phi) is 7.64. The van der Waals surface area contributed by atoms with Gasteiger partial charge in [-0.1, -0.05) is 50.1 Å². The zero-order valence-electron chi connectivity index (χ0n) is 17.6. The molecule has 0 spiro atoms. The van der Waals surface area contributed by atoms with Gasteiger partial charge in [0, 0.05) is 19.3 Å². The molecule has 1 fully saturated rings. The summed E-state index contributed by atoms with van der Waals surface area (Å²) in [6.07, 6.45) is 4.64. The summed E-state index contributed by atoms with van der Waals surface area (Å²) >= 11 is 0. The minimum Gasteiger partial charge on any atom is -0.368 e. The van der Waals surface area contributed by atoms with Gasteiger partial charge in [-0.25, -0.2) is 8.42 Å². The van der Waals surface area contributed by atoms with Gasteiger partial charge in [0.15, 0.2) is 0 Å². The first-order valence-corrected chi connectivity index (χ1v) is 11.8. The van der Waals surface area contributed by atoms with Gasteiger partial charge in [-0.3, -0.25) is 4.79 Å². The molecular weight excluding hydrogens is 400 g/mol. The molecule has 6 nitrogen and oxygen atoms in total. The molecule has 2 aromatic carbocycles. The lowest BCUT2D eigenvalue weighted by atomic mass is 9.88. The van der Waals surface area contributed by atoms with Gasteiger partial charge in [0.1, 0.15) is 6.61 Å². The van der Waals surface area contributed by atoms with Crippen molar-refractivity contribution in [3.8, 4) is 0 Å². The van der Waals surface area contributed by atoms with Crippen molar-refractivity contribution in [1.82, 2.24) is 4.31 Å². The van der Waals surface area contributed by atoms with Gasteiger partial charge in [-0.05, 0) is 48.6 Å². The van der Waals surface area contributed by atoms with E-state index in [1.165, 1.54) is 22.9 Å². The molecule has 30 heavy (non-hydrogen) atoms. The first-order chi connectivity index (χ1) is 14.4. The second kappa shape index (κ2) is 10.2. The Hall–Kier alpha value is -2.22. The number of nitrogens with zero attached hydrogens (tertiary/aromatic N) is 1. The number of hydrogen-bond acceptors (Lipinski definition) is 4. The fourth-order valence-electron chi connectivity index (χ4n) is 3.73. The van der Waals surface area contributed by atoms with E-state index in [0.717, 1.165) is 24.8 Å². The number of hydrogen-bond donors (Lipinski definition) is 1. The highest BCUT2D eigenvalue weighted by molar-refractivity contribution is 7.89. The zero-order valence-corrected chi connectivity index (χ0v) is 18.4. The van der Waals surface area contributed by atoms with Crippen molar-refractivity contribution in [1.29, 1.82) is 0 Å². The lowest BCUT2D eigenvalue weighted by Crippen LogP contribution is -2.29. The molecule has 0 heterocycles. The molecule has 0 aromatic heterocycles. The van der Waals surface area contributed by atoms with Crippen molar-refractivity contribution in [3.63, 3.8) is 0 Å². The summed E-state index contributed by atoms with van der Waals surface area (Å²) < 4.78 is 32.7. The third-order valence-electron chi connectivity index (χ3n) is 5.56. The van der Waals surface area contributed by atoms with Crippen LogP contribution in [0.25, 0.3) is 0 Å². The second-order valence-corrected chi connectivity index (χ2v) is 9.98. The Bertz CT molecular complexity index is 929. The maximum absolute atomic E-state index is 12.8. The molecule has 2 atom stereocenters. The number of nitrogens with one attached hydrogen (secondary N) is 1. The van der Waals surface area contributed by atoms with Gasteiger partial charge in [0.05, 0.1) is 11.0 Å². The first-order valence-electron chi connectivity index (χ1n) is 10.4. The molecule has 0 bridgehead atoms. The lowest BCUT2D eigenvalue weighted by Gasteiger charge is -2.28. The summed E-state index contributed by atoms with van der Waals surface area (Å²) in [5.74, 6) is 0.244. The van der Waals surface area contributed by atoms with E-state index in [4.69, 9.17) is 4.74 Å². The molecule has 1 aliphatic carbocycles. The quantitative estimate of drug-likeness (QED) is 0.686. The molecule has 2 unspecified atom stereocenters. The number of rotatable bonds is 8. The molecule has 1 saturated carbocycles. The molecule has 162 valence electrons. The minimum atomic E-state index is -3.62. The van der Waals surface area contributed by atoms with Gasteiger partial charge in [-0.15, -0.1) is 0 Å². The number of anilines is 1. The van der Waals surface area contributed by atoms with Gasteiger partial charge in [-0.2, -0.15) is 4.31 Å². The number of sulfonamides is 1. The Morgan fingerprint density at radius 1 is 1.07 bits per heavy atom. The van der Waals surface area contributed by atoms with E-state index >= 15 is 0 Å². The van der Waals surface area contributed by atoms with E-state index in [1.54, 1.807) is 19.2 Å². The fraction of sp³-hybridized carbons (Fsp3) is 0.435. The Labute approximate surface area is 179 Å². The Morgan fingerprint density at radius 2 is 1.73 bits per heavy atom. The molecule has 3 rings (SSSR count). The van der Waals surface area contributed by atoms with Crippen LogP contribution in [-0.2, 0) is 26.1 Å². The maximum atomic E-state index is 12.8. The van der Waals surface area contributed by atoms with Crippen LogP contribution in [0.15, 0.2) is 59.5 Å². The summed E-state index contributed by atoms with van der Waals surface area (Å²) in [4.78, 5) is 12.4. The highest BCUT2D eigenvalue weighted by Gasteiger charge is 2.23. The SMILES string of the molecule is CC1CCCCC1OCC(=O)Nc1ccc(S(=O)(=O)N(C)Cc2ccccc2)cc1. The van der Waals surface area contributed by atoms with E-state index in [1.807, 2.05) is 30.3 Å². The van der Waals surface area contributed by atoms with Crippen molar-refractivity contribution >= 4 is 21.6 Å². The lowest BCUT2D eigenvalue weighted by molar-refractivity contribution is -0.124. The van der Waals surface area contributed by atoms with Crippen molar-refractivity contribution < 1.29 is 17.9 Å². The summed E-state index contributed by atoms with van der Waals surface area (Å²) in [6.45, 7) is 2.46. The number of carbonyl (C=O) groups excluding carboxylic acids is 1. The topological polar surface area (TPSA) is 75.7 Å². The van der Waals surface area contributed by atoms with Crippen LogP contribution in [0.4, 0.5) is 5.69 Å². The van der Waals surface area contributed by atoms with Crippen LogP contribution in [0.5, 0.6) is 0 Å². The predicted molar refractivity (Wildman–Crippen MR) is 118 cm³/mol. The van der Waals surface area contributed by atoms with Crippen molar-refractivity contribution in [2.45, 2.75) is 50.2 Å². The average molecular weight is 431 g/mol. The van der Waals surface area contributed by atoms with E-state index in [0.29, 0.717) is 18.2 Å². The zero-order chi connectivity index (χ0) is 21.6. The van der Waals surface area contributed by atoms with E-state index < -0.39 is 10.0 Å². The molecule has 0 saturated heterocycles.